The number of allylic oxidation sites excluding steroid dienone is 4. The number of nitrogens with one attached hydrogen (secondary N) is 1. The number of nitrogens with zero attached hydrogens (tertiary/aromatic N) is 1. The molecule has 0 unspecified atom stereocenters. The Morgan fingerprint density at radius 1 is 0.893 bits per heavy atom. The van der Waals surface area contributed by atoms with E-state index in [0.717, 1.165) is 31.4 Å². The normalized spacial score (nSPS) is 11.1. The van der Waals surface area contributed by atoms with Crippen LogP contribution in [0.4, 0.5) is 5.69 Å². The van der Waals surface area contributed by atoms with Crippen LogP contribution in [0.25, 0.3) is 0 Å². The van der Waals surface area contributed by atoms with Gasteiger partial charge in [-0.2, -0.15) is 5.26 Å². The van der Waals surface area contributed by atoms with E-state index < -0.39 is 0 Å². The molecule has 0 atom stereocenters. The molecule has 28 heavy (non-hydrogen) atoms. The molecule has 0 aliphatic rings. The predicted molar refractivity (Wildman–Crippen MR) is 119 cm³/mol. The maximum Gasteiger partial charge on any atom is 0.224 e. The van der Waals surface area contributed by atoms with E-state index in [4.69, 9.17) is 5.26 Å². The highest BCUT2D eigenvalue weighted by Crippen LogP contribution is 2.11. The molecule has 0 aliphatic heterocycles. The summed E-state index contributed by atoms with van der Waals surface area (Å²) < 4.78 is 0. The maximum atomic E-state index is 11.9. The second kappa shape index (κ2) is 16.8. The van der Waals surface area contributed by atoms with Crippen LogP contribution in [0.15, 0.2) is 48.6 Å². The molecule has 1 aromatic carbocycles. The van der Waals surface area contributed by atoms with Crippen molar-refractivity contribution in [3.05, 3.63) is 54.1 Å². The van der Waals surface area contributed by atoms with Crippen molar-refractivity contribution in [3.8, 4) is 6.07 Å². The van der Waals surface area contributed by atoms with Crippen LogP contribution in [-0.4, -0.2) is 5.91 Å². The molecule has 0 spiro atoms. The molecule has 0 bridgehead atoms. The summed E-state index contributed by atoms with van der Waals surface area (Å²) in [6.45, 7) is 2.24. The van der Waals surface area contributed by atoms with Gasteiger partial charge in [0.2, 0.25) is 5.91 Å². The molecule has 152 valence electrons. The minimum absolute atomic E-state index is 0.0513. The Bertz CT molecular complexity index is 623. The van der Waals surface area contributed by atoms with Gasteiger partial charge in [0.1, 0.15) is 0 Å². The molecule has 0 heterocycles. The topological polar surface area (TPSA) is 52.9 Å². The Kier molecular flexibility index (Phi) is 14.2. The average molecular weight is 381 g/mol. The number of nitriles is 1. The van der Waals surface area contributed by atoms with E-state index in [9.17, 15) is 4.79 Å². The molecule has 1 aromatic rings. The number of unbranched alkanes of at least 4 members (excludes halogenated alkanes) is 8. The van der Waals surface area contributed by atoms with Gasteiger partial charge in [0.15, 0.2) is 0 Å². The van der Waals surface area contributed by atoms with Crippen molar-refractivity contribution in [2.24, 2.45) is 0 Å². The zero-order valence-corrected chi connectivity index (χ0v) is 17.5. The van der Waals surface area contributed by atoms with Crippen molar-refractivity contribution in [3.63, 3.8) is 0 Å². The van der Waals surface area contributed by atoms with Crippen LogP contribution in [0.5, 0.6) is 0 Å². The third-order valence-corrected chi connectivity index (χ3v) is 4.65. The van der Waals surface area contributed by atoms with Gasteiger partial charge in [-0.05, 0) is 62.8 Å². The Labute approximate surface area is 171 Å². The zero-order chi connectivity index (χ0) is 20.3. The molecular weight excluding hydrogens is 344 g/mol. The molecule has 1 N–H and O–H groups in total. The van der Waals surface area contributed by atoms with Crippen molar-refractivity contribution >= 4 is 11.6 Å². The monoisotopic (exact) mass is 380 g/mol. The van der Waals surface area contributed by atoms with Crippen molar-refractivity contribution in [1.29, 1.82) is 5.26 Å². The lowest BCUT2D eigenvalue weighted by Gasteiger charge is -2.05. The van der Waals surface area contributed by atoms with Gasteiger partial charge in [-0.1, -0.05) is 63.3 Å². The standard InChI is InChI=1S/C25H36N2O/c1-2-3-4-5-6-7-8-9-10-11-12-13-14-15-16-17-25(28)27-24-20-18-23(22-26)19-21-24/h6-7,9-10,18-21H,2-5,8,11-17H2,1H3,(H,27,28)/b7-6-,10-9-. The van der Waals surface area contributed by atoms with Crippen molar-refractivity contribution in [1.82, 2.24) is 0 Å². The van der Waals surface area contributed by atoms with E-state index in [1.165, 1.54) is 44.9 Å². The van der Waals surface area contributed by atoms with Crippen LogP contribution in [0.1, 0.15) is 89.5 Å². The Morgan fingerprint density at radius 3 is 2.14 bits per heavy atom. The largest absolute Gasteiger partial charge is 0.326 e. The second-order valence-electron chi connectivity index (χ2n) is 7.22. The summed E-state index contributed by atoms with van der Waals surface area (Å²) in [4.78, 5) is 11.9. The van der Waals surface area contributed by atoms with Gasteiger partial charge in [0.05, 0.1) is 11.6 Å². The molecule has 0 fully saturated rings. The molecule has 3 heteroatoms. The number of anilines is 1. The number of hydrogen-bond donors (Lipinski definition) is 1. The first-order chi connectivity index (χ1) is 13.8. The van der Waals surface area contributed by atoms with Gasteiger partial charge >= 0.3 is 0 Å². The minimum atomic E-state index is 0.0513. The van der Waals surface area contributed by atoms with Crippen molar-refractivity contribution < 1.29 is 4.79 Å². The smallest absolute Gasteiger partial charge is 0.224 e. The highest BCUT2D eigenvalue weighted by Gasteiger charge is 2.02. The summed E-state index contributed by atoms with van der Waals surface area (Å²) in [5.41, 5.74) is 1.36. The number of amides is 1. The summed E-state index contributed by atoms with van der Waals surface area (Å²) >= 11 is 0. The van der Waals surface area contributed by atoms with Crippen LogP contribution in [0, 0.1) is 11.3 Å². The summed E-state index contributed by atoms with van der Waals surface area (Å²) in [6.07, 6.45) is 22.7. The number of hydrogen-bond acceptors (Lipinski definition) is 2. The number of benzene rings is 1. The lowest BCUT2D eigenvalue weighted by molar-refractivity contribution is -0.116. The predicted octanol–water partition coefficient (Wildman–Crippen LogP) is 7.31. The first-order valence-electron chi connectivity index (χ1n) is 10.9. The summed E-state index contributed by atoms with van der Waals surface area (Å²) in [5, 5.41) is 11.6. The van der Waals surface area contributed by atoms with Gasteiger partial charge in [-0.3, -0.25) is 4.79 Å². The fourth-order valence-corrected chi connectivity index (χ4v) is 2.95. The van der Waals surface area contributed by atoms with Gasteiger partial charge in [0.25, 0.3) is 0 Å². The zero-order valence-electron chi connectivity index (χ0n) is 17.5. The van der Waals surface area contributed by atoms with E-state index in [-0.39, 0.29) is 5.91 Å². The number of rotatable bonds is 15. The van der Waals surface area contributed by atoms with E-state index in [0.29, 0.717) is 12.0 Å². The second-order valence-corrected chi connectivity index (χ2v) is 7.22. The highest BCUT2D eigenvalue weighted by molar-refractivity contribution is 5.90. The van der Waals surface area contributed by atoms with Gasteiger partial charge in [0, 0.05) is 12.1 Å². The lowest BCUT2D eigenvalue weighted by atomic mass is 10.1. The molecule has 0 radical (unpaired) electrons. The SMILES string of the molecule is CCCCC/C=C\C/C=C\CCCCCCCC(=O)Nc1ccc(C#N)cc1. The third kappa shape index (κ3) is 12.9. The Balaban J connectivity index is 1.93. The van der Waals surface area contributed by atoms with E-state index in [2.05, 4.69) is 42.6 Å². The van der Waals surface area contributed by atoms with Crippen LogP contribution in [0.2, 0.25) is 0 Å². The minimum Gasteiger partial charge on any atom is -0.326 e. The van der Waals surface area contributed by atoms with E-state index in [1.54, 1.807) is 24.3 Å². The molecular formula is C25H36N2O. The van der Waals surface area contributed by atoms with Crippen LogP contribution < -0.4 is 5.32 Å². The fourth-order valence-electron chi connectivity index (χ4n) is 2.95. The Morgan fingerprint density at radius 2 is 1.50 bits per heavy atom. The first kappa shape index (κ1) is 23.7. The van der Waals surface area contributed by atoms with Crippen molar-refractivity contribution in [2.45, 2.75) is 84.0 Å². The summed E-state index contributed by atoms with van der Waals surface area (Å²) in [5.74, 6) is 0.0513. The summed E-state index contributed by atoms with van der Waals surface area (Å²) in [6, 6.07) is 9.04. The average Bonchev–Trinajstić information content (AvgIpc) is 2.71. The Hall–Kier alpha value is -2.34. The molecule has 3 nitrogen and oxygen atoms in total. The van der Waals surface area contributed by atoms with Crippen LogP contribution >= 0.6 is 0 Å². The summed E-state index contributed by atoms with van der Waals surface area (Å²) in [7, 11) is 0. The number of carbonyl (C=O) groups excluding carboxylic acids is 1. The van der Waals surface area contributed by atoms with Gasteiger partial charge in [-0.25, -0.2) is 0 Å². The van der Waals surface area contributed by atoms with Gasteiger partial charge in [-0.15, -0.1) is 0 Å². The molecule has 1 rings (SSSR count). The van der Waals surface area contributed by atoms with Crippen molar-refractivity contribution in [2.75, 3.05) is 5.32 Å². The van der Waals surface area contributed by atoms with E-state index in [1.807, 2.05) is 0 Å². The molecule has 0 aromatic heterocycles. The highest BCUT2D eigenvalue weighted by atomic mass is 16.1. The first-order valence-corrected chi connectivity index (χ1v) is 10.9. The van der Waals surface area contributed by atoms with Gasteiger partial charge < -0.3 is 5.32 Å². The molecule has 0 saturated carbocycles. The molecule has 0 saturated heterocycles. The molecule has 1 amide bonds. The third-order valence-electron chi connectivity index (χ3n) is 4.65. The maximum absolute atomic E-state index is 11.9. The molecule has 0 aliphatic carbocycles. The number of carbonyl (C=O) groups is 1. The lowest BCUT2D eigenvalue weighted by Crippen LogP contribution is -2.10. The fraction of sp³-hybridized carbons (Fsp3) is 0.520. The quantitative estimate of drug-likeness (QED) is 0.256. The van der Waals surface area contributed by atoms with E-state index >= 15 is 0 Å². The van der Waals surface area contributed by atoms with Crippen LogP contribution in [-0.2, 0) is 4.79 Å². The van der Waals surface area contributed by atoms with Crippen LogP contribution in [0.3, 0.4) is 0 Å².